The first kappa shape index (κ1) is 15.4. The highest BCUT2D eigenvalue weighted by atomic mass is 79.9. The molecule has 3 heterocycles. The van der Waals surface area contributed by atoms with E-state index >= 15 is 0 Å². The molecule has 0 aliphatic carbocycles. The second-order valence-corrected chi connectivity index (χ2v) is 5.89. The highest BCUT2D eigenvalue weighted by Crippen LogP contribution is 2.18. The van der Waals surface area contributed by atoms with Crippen LogP contribution in [0.4, 0.5) is 5.82 Å². The van der Waals surface area contributed by atoms with Crippen molar-refractivity contribution in [1.29, 1.82) is 0 Å². The van der Waals surface area contributed by atoms with E-state index in [4.69, 9.17) is 28.9 Å². The van der Waals surface area contributed by atoms with Crippen LogP contribution in [-0.2, 0) is 0 Å². The highest BCUT2D eigenvalue weighted by molar-refractivity contribution is 9.11. The van der Waals surface area contributed by atoms with Gasteiger partial charge in [-0.05, 0) is 44.0 Å². The zero-order valence-electron chi connectivity index (χ0n) is 9.63. The maximum Gasteiger partial charge on any atom is 0.167 e. The van der Waals surface area contributed by atoms with Crippen LogP contribution in [0.15, 0.2) is 33.5 Å². The Kier molecular flexibility index (Phi) is 5.14. The predicted molar refractivity (Wildman–Crippen MR) is 84.9 cm³/mol. The van der Waals surface area contributed by atoms with E-state index in [0.29, 0.717) is 20.6 Å². The van der Waals surface area contributed by atoms with Crippen LogP contribution < -0.4 is 5.73 Å². The lowest BCUT2D eigenvalue weighted by Gasteiger charge is -1.94. The Morgan fingerprint density at radius 1 is 1.05 bits per heavy atom. The smallest absolute Gasteiger partial charge is 0.167 e. The van der Waals surface area contributed by atoms with Crippen molar-refractivity contribution in [3.05, 3.63) is 43.8 Å². The van der Waals surface area contributed by atoms with Gasteiger partial charge in [0.2, 0.25) is 0 Å². The molecule has 2 N–H and O–H groups in total. The molecule has 0 radical (unpaired) electrons. The minimum Gasteiger partial charge on any atom is -0.381 e. The SMILES string of the molecule is Clc1cc(Br)c2nccn2n1.Nc1nnc(Cl)cc1Br. The molecule has 3 aromatic rings. The molecule has 3 rings (SSSR count). The number of rotatable bonds is 0. The van der Waals surface area contributed by atoms with Gasteiger partial charge in [-0.1, -0.05) is 23.2 Å². The third kappa shape index (κ3) is 3.78. The molecule has 0 amide bonds. The number of hydrogen-bond donors (Lipinski definition) is 1. The molecule has 0 aliphatic heterocycles. The van der Waals surface area contributed by atoms with Crippen LogP contribution in [0.1, 0.15) is 0 Å². The number of nitrogens with two attached hydrogens (primary N) is 1. The van der Waals surface area contributed by atoms with Crippen LogP contribution in [0.3, 0.4) is 0 Å². The Bertz CT molecular complexity index is 748. The first-order valence-corrected chi connectivity index (χ1v) is 7.41. The lowest BCUT2D eigenvalue weighted by Crippen LogP contribution is -1.93. The van der Waals surface area contributed by atoms with Gasteiger partial charge in [-0.3, -0.25) is 0 Å². The average Bonchev–Trinajstić information content (AvgIpc) is 2.83. The maximum atomic E-state index is 5.69. The fourth-order valence-electron chi connectivity index (χ4n) is 1.21. The first-order chi connectivity index (χ1) is 9.47. The van der Waals surface area contributed by atoms with E-state index in [0.717, 1.165) is 10.1 Å². The van der Waals surface area contributed by atoms with E-state index in [-0.39, 0.29) is 0 Å². The normalized spacial score (nSPS) is 10.2. The molecule has 104 valence electrons. The molecule has 20 heavy (non-hydrogen) atoms. The first-order valence-electron chi connectivity index (χ1n) is 5.07. The van der Waals surface area contributed by atoms with Crippen molar-refractivity contribution in [2.24, 2.45) is 0 Å². The summed E-state index contributed by atoms with van der Waals surface area (Å²) in [5.41, 5.74) is 6.08. The monoisotopic (exact) mass is 438 g/mol. The van der Waals surface area contributed by atoms with Crippen LogP contribution >= 0.6 is 55.1 Å². The molecule has 10 heteroatoms. The number of fused-ring (bicyclic) bond motifs is 1. The van der Waals surface area contributed by atoms with Gasteiger partial charge in [-0.25, -0.2) is 9.50 Å². The van der Waals surface area contributed by atoms with E-state index in [2.05, 4.69) is 52.1 Å². The Labute approximate surface area is 140 Å². The highest BCUT2D eigenvalue weighted by Gasteiger charge is 2.01. The summed E-state index contributed by atoms with van der Waals surface area (Å²) >= 11 is 17.6. The van der Waals surface area contributed by atoms with Crippen LogP contribution in [0, 0.1) is 0 Å². The standard InChI is InChI=1S/C6H3BrClN3.C4H3BrClN3/c7-4-3-5(8)10-11-2-1-9-6(4)11;5-2-1-3(6)8-9-4(2)7/h1-3H;1H,(H2,7,9). The van der Waals surface area contributed by atoms with Crippen LogP contribution in [-0.4, -0.2) is 24.8 Å². The number of aromatic nitrogens is 5. The number of imidazole rings is 1. The van der Waals surface area contributed by atoms with Gasteiger partial charge in [0.25, 0.3) is 0 Å². The van der Waals surface area contributed by atoms with Crippen LogP contribution in [0.25, 0.3) is 5.65 Å². The van der Waals surface area contributed by atoms with E-state index in [1.54, 1.807) is 29.0 Å². The van der Waals surface area contributed by atoms with Gasteiger partial charge in [0, 0.05) is 12.4 Å². The van der Waals surface area contributed by atoms with E-state index in [9.17, 15) is 0 Å². The van der Waals surface area contributed by atoms with Gasteiger partial charge >= 0.3 is 0 Å². The summed E-state index contributed by atoms with van der Waals surface area (Å²) in [7, 11) is 0. The Hall–Kier alpha value is -0.960. The lowest BCUT2D eigenvalue weighted by atomic mass is 10.5. The number of nitrogen functional groups attached to an aromatic ring is 1. The third-order valence-electron chi connectivity index (χ3n) is 2.03. The van der Waals surface area contributed by atoms with Crippen molar-refractivity contribution in [2.75, 3.05) is 5.73 Å². The molecule has 0 unspecified atom stereocenters. The van der Waals surface area contributed by atoms with Gasteiger partial charge in [0.1, 0.15) is 0 Å². The third-order valence-corrected chi connectivity index (χ3v) is 3.62. The summed E-state index contributed by atoms with van der Waals surface area (Å²) in [6.45, 7) is 0. The molecule has 6 nitrogen and oxygen atoms in total. The summed E-state index contributed by atoms with van der Waals surface area (Å²) in [5.74, 6) is 0.347. The van der Waals surface area contributed by atoms with Gasteiger partial charge in [0.15, 0.2) is 21.8 Å². The summed E-state index contributed by atoms with van der Waals surface area (Å²) in [6, 6.07) is 3.30. The lowest BCUT2D eigenvalue weighted by molar-refractivity contribution is 0.932. The fraction of sp³-hybridized carbons (Fsp3) is 0. The number of anilines is 1. The molecular formula is C10H6Br2Cl2N6. The van der Waals surface area contributed by atoms with Crippen LogP contribution in [0.5, 0.6) is 0 Å². The van der Waals surface area contributed by atoms with Crippen LogP contribution in [0.2, 0.25) is 10.3 Å². The molecule has 0 aromatic carbocycles. The largest absolute Gasteiger partial charge is 0.381 e. The molecule has 0 atom stereocenters. The number of nitrogens with zero attached hydrogens (tertiary/aromatic N) is 5. The minimum absolute atomic E-state index is 0.330. The van der Waals surface area contributed by atoms with Crippen molar-refractivity contribution in [2.45, 2.75) is 0 Å². The van der Waals surface area contributed by atoms with E-state index < -0.39 is 0 Å². The van der Waals surface area contributed by atoms with Crippen molar-refractivity contribution in [1.82, 2.24) is 24.8 Å². The number of hydrogen-bond acceptors (Lipinski definition) is 5. The zero-order chi connectivity index (χ0) is 14.7. The topological polar surface area (TPSA) is 82.0 Å². The average molecular weight is 441 g/mol. The van der Waals surface area contributed by atoms with Crippen molar-refractivity contribution in [3.63, 3.8) is 0 Å². The van der Waals surface area contributed by atoms with Gasteiger partial charge < -0.3 is 5.73 Å². The molecular weight excluding hydrogens is 435 g/mol. The summed E-state index contributed by atoms with van der Waals surface area (Å²) < 4.78 is 3.14. The number of halogens is 4. The quantitative estimate of drug-likeness (QED) is 0.577. The fourth-order valence-corrected chi connectivity index (χ4v) is 2.60. The summed E-state index contributed by atoms with van der Waals surface area (Å²) in [5, 5.41) is 11.8. The second-order valence-electron chi connectivity index (χ2n) is 3.41. The Morgan fingerprint density at radius 2 is 1.75 bits per heavy atom. The molecule has 3 aromatic heterocycles. The zero-order valence-corrected chi connectivity index (χ0v) is 14.3. The van der Waals surface area contributed by atoms with Gasteiger partial charge in [0.05, 0.1) is 8.95 Å². The van der Waals surface area contributed by atoms with Gasteiger partial charge in [-0.15, -0.1) is 10.2 Å². The van der Waals surface area contributed by atoms with Crippen molar-refractivity contribution in [3.8, 4) is 0 Å². The maximum absolute atomic E-state index is 5.69. The van der Waals surface area contributed by atoms with E-state index in [1.807, 2.05) is 0 Å². The Morgan fingerprint density at radius 3 is 2.40 bits per heavy atom. The summed E-state index contributed by atoms with van der Waals surface area (Å²) in [6.07, 6.45) is 3.41. The summed E-state index contributed by atoms with van der Waals surface area (Å²) in [4.78, 5) is 4.05. The molecule has 0 saturated carbocycles. The minimum atomic E-state index is 0.330. The van der Waals surface area contributed by atoms with Crippen molar-refractivity contribution < 1.29 is 0 Å². The molecule has 0 fully saturated rings. The molecule has 0 saturated heterocycles. The van der Waals surface area contributed by atoms with Gasteiger partial charge in [-0.2, -0.15) is 5.10 Å². The molecule has 0 spiro atoms. The second kappa shape index (κ2) is 6.66. The Balaban J connectivity index is 0.000000151. The van der Waals surface area contributed by atoms with E-state index in [1.165, 1.54) is 0 Å². The predicted octanol–water partition coefficient (Wildman–Crippen LogP) is 3.62. The van der Waals surface area contributed by atoms with Crippen molar-refractivity contribution >= 4 is 66.5 Å². The molecule has 0 aliphatic rings. The molecule has 0 bridgehead atoms.